The van der Waals surface area contributed by atoms with Gasteiger partial charge in [0.1, 0.15) is 0 Å². The molecule has 1 aliphatic heterocycles. The number of hydrogen-bond acceptors (Lipinski definition) is 5. The highest BCUT2D eigenvalue weighted by Crippen LogP contribution is 2.54. The van der Waals surface area contributed by atoms with Crippen LogP contribution in [0.3, 0.4) is 0 Å². The molecule has 23 heavy (non-hydrogen) atoms. The van der Waals surface area contributed by atoms with Crippen LogP contribution in [0.15, 0.2) is 4.42 Å². The van der Waals surface area contributed by atoms with Gasteiger partial charge in [-0.05, 0) is 32.2 Å². The summed E-state index contributed by atoms with van der Waals surface area (Å²) in [6.45, 7) is 9.72. The molecule has 3 aliphatic rings. The molecule has 0 unspecified atom stereocenters. The van der Waals surface area contributed by atoms with Gasteiger partial charge in [0.15, 0.2) is 0 Å². The van der Waals surface area contributed by atoms with Crippen molar-refractivity contribution in [1.82, 2.24) is 15.1 Å². The Morgan fingerprint density at radius 2 is 2.04 bits per heavy atom. The van der Waals surface area contributed by atoms with Crippen molar-refractivity contribution in [2.75, 3.05) is 13.2 Å². The predicted molar refractivity (Wildman–Crippen MR) is 87.0 cm³/mol. The zero-order valence-corrected chi connectivity index (χ0v) is 14.6. The first-order valence-corrected chi connectivity index (χ1v) is 9.29. The van der Waals surface area contributed by atoms with E-state index in [-0.39, 0.29) is 5.41 Å². The summed E-state index contributed by atoms with van der Waals surface area (Å²) in [6, 6.07) is 0.564. The van der Waals surface area contributed by atoms with Gasteiger partial charge in [0, 0.05) is 29.9 Å². The molecule has 4 rings (SSSR count). The fourth-order valence-corrected chi connectivity index (χ4v) is 4.97. The fraction of sp³-hybridized carbons (Fsp3) is 0.889. The lowest BCUT2D eigenvalue weighted by molar-refractivity contribution is -0.158. The lowest BCUT2D eigenvalue weighted by atomic mass is 9.56. The molecule has 128 valence electrons. The first kappa shape index (κ1) is 15.6. The van der Waals surface area contributed by atoms with E-state index in [0.29, 0.717) is 24.0 Å². The molecule has 0 spiro atoms. The van der Waals surface area contributed by atoms with Gasteiger partial charge < -0.3 is 9.15 Å². The Morgan fingerprint density at radius 1 is 1.22 bits per heavy atom. The molecular formula is C18H29N3O2. The summed E-state index contributed by atoms with van der Waals surface area (Å²) in [5.41, 5.74) is 0.215. The van der Waals surface area contributed by atoms with Crippen LogP contribution in [-0.4, -0.2) is 40.4 Å². The summed E-state index contributed by atoms with van der Waals surface area (Å²) in [4.78, 5) is 2.56. The molecule has 2 saturated carbocycles. The minimum Gasteiger partial charge on any atom is -0.424 e. The van der Waals surface area contributed by atoms with Crippen LogP contribution < -0.4 is 0 Å². The first-order chi connectivity index (χ1) is 11.1. The predicted octanol–water partition coefficient (Wildman–Crippen LogP) is 3.36. The molecule has 1 aromatic rings. The van der Waals surface area contributed by atoms with Gasteiger partial charge in [0.05, 0.1) is 12.6 Å². The highest BCUT2D eigenvalue weighted by atomic mass is 16.5. The van der Waals surface area contributed by atoms with E-state index in [1.165, 1.54) is 25.7 Å². The average Bonchev–Trinajstić information content (AvgIpc) is 3.05. The Balaban J connectivity index is 1.48. The number of fused-ring (bicyclic) bond motifs is 1. The topological polar surface area (TPSA) is 51.4 Å². The molecule has 2 aliphatic carbocycles. The number of ether oxygens (including phenoxy) is 1. The van der Waals surface area contributed by atoms with Crippen molar-refractivity contribution in [3.05, 3.63) is 11.8 Å². The van der Waals surface area contributed by atoms with Gasteiger partial charge >= 0.3 is 0 Å². The highest BCUT2D eigenvalue weighted by molar-refractivity contribution is 5.12. The zero-order chi connectivity index (χ0) is 16.0. The van der Waals surface area contributed by atoms with Crippen molar-refractivity contribution >= 4 is 0 Å². The van der Waals surface area contributed by atoms with Gasteiger partial charge in [-0.15, -0.1) is 10.2 Å². The Bertz CT molecular complexity index is 552. The summed E-state index contributed by atoms with van der Waals surface area (Å²) in [5, 5.41) is 8.62. The van der Waals surface area contributed by atoms with E-state index in [4.69, 9.17) is 9.15 Å². The van der Waals surface area contributed by atoms with Crippen LogP contribution in [0.4, 0.5) is 0 Å². The van der Waals surface area contributed by atoms with E-state index in [1.54, 1.807) is 0 Å². The van der Waals surface area contributed by atoms with Crippen LogP contribution in [0, 0.1) is 11.3 Å². The molecule has 0 bridgehead atoms. The maximum absolute atomic E-state index is 5.97. The molecule has 2 heterocycles. The lowest BCUT2D eigenvalue weighted by Crippen LogP contribution is -2.66. The van der Waals surface area contributed by atoms with Crippen molar-refractivity contribution in [2.24, 2.45) is 11.3 Å². The van der Waals surface area contributed by atoms with E-state index >= 15 is 0 Å². The average molecular weight is 319 g/mol. The monoisotopic (exact) mass is 319 g/mol. The minimum atomic E-state index is 0.215. The fourth-order valence-electron chi connectivity index (χ4n) is 4.97. The molecule has 5 nitrogen and oxygen atoms in total. The van der Waals surface area contributed by atoms with Crippen LogP contribution in [0.25, 0.3) is 0 Å². The SMILES string of the molecule is CCCN(Cc1nnc(C2CCC2)o1)[C@@H]1[C@@H]2CCO[C@H]2C1(C)C. The standard InChI is InChI=1S/C18H29N3O2/c1-4-9-21(15-13-8-10-22-16(13)18(15,2)3)11-14-19-20-17(23-14)12-6-5-7-12/h12-13,15-16H,4-11H2,1-3H3/t13-,15+,16+/m0/s1. The largest absolute Gasteiger partial charge is 0.424 e. The van der Waals surface area contributed by atoms with Crippen molar-refractivity contribution in [3.8, 4) is 0 Å². The first-order valence-electron chi connectivity index (χ1n) is 9.29. The van der Waals surface area contributed by atoms with E-state index in [0.717, 1.165) is 37.9 Å². The molecule has 0 aromatic carbocycles. The van der Waals surface area contributed by atoms with E-state index in [9.17, 15) is 0 Å². The summed E-state index contributed by atoms with van der Waals surface area (Å²) >= 11 is 0. The molecule has 1 saturated heterocycles. The van der Waals surface area contributed by atoms with Gasteiger partial charge in [-0.3, -0.25) is 4.90 Å². The molecule has 3 atom stereocenters. The van der Waals surface area contributed by atoms with E-state index in [2.05, 4.69) is 35.9 Å². The third-order valence-corrected chi connectivity index (χ3v) is 6.22. The van der Waals surface area contributed by atoms with Crippen molar-refractivity contribution < 1.29 is 9.15 Å². The Kier molecular flexibility index (Phi) is 3.96. The number of hydrogen-bond donors (Lipinski definition) is 0. The Labute approximate surface area is 138 Å². The second-order valence-electron chi connectivity index (χ2n) is 8.14. The molecule has 0 N–H and O–H groups in total. The molecule has 0 radical (unpaired) electrons. The third kappa shape index (κ3) is 2.52. The van der Waals surface area contributed by atoms with E-state index in [1.807, 2.05) is 0 Å². The molecule has 1 aromatic heterocycles. The summed E-state index contributed by atoms with van der Waals surface area (Å²) in [6.07, 6.45) is 6.47. The van der Waals surface area contributed by atoms with Gasteiger partial charge in [0.25, 0.3) is 0 Å². The normalized spacial score (nSPS) is 32.6. The Hall–Kier alpha value is -0.940. The van der Waals surface area contributed by atoms with Gasteiger partial charge in [-0.25, -0.2) is 0 Å². The maximum Gasteiger partial charge on any atom is 0.230 e. The van der Waals surface area contributed by atoms with Gasteiger partial charge in [-0.2, -0.15) is 0 Å². The van der Waals surface area contributed by atoms with Crippen LogP contribution in [0.5, 0.6) is 0 Å². The summed E-state index contributed by atoms with van der Waals surface area (Å²) in [7, 11) is 0. The lowest BCUT2D eigenvalue weighted by Gasteiger charge is -2.58. The van der Waals surface area contributed by atoms with Crippen molar-refractivity contribution in [3.63, 3.8) is 0 Å². The molecular weight excluding hydrogens is 290 g/mol. The quantitative estimate of drug-likeness (QED) is 0.804. The number of nitrogens with zero attached hydrogens (tertiary/aromatic N) is 3. The molecule has 3 fully saturated rings. The maximum atomic E-state index is 5.97. The van der Waals surface area contributed by atoms with E-state index < -0.39 is 0 Å². The van der Waals surface area contributed by atoms with Crippen LogP contribution >= 0.6 is 0 Å². The van der Waals surface area contributed by atoms with Gasteiger partial charge in [0.2, 0.25) is 11.8 Å². The van der Waals surface area contributed by atoms with Crippen molar-refractivity contribution in [1.29, 1.82) is 0 Å². The molecule has 0 amide bonds. The zero-order valence-electron chi connectivity index (χ0n) is 14.6. The van der Waals surface area contributed by atoms with Crippen molar-refractivity contribution in [2.45, 2.75) is 77.5 Å². The van der Waals surface area contributed by atoms with Crippen LogP contribution in [0.2, 0.25) is 0 Å². The number of rotatable bonds is 6. The second-order valence-corrected chi connectivity index (χ2v) is 8.14. The highest BCUT2D eigenvalue weighted by Gasteiger charge is 2.61. The Morgan fingerprint density at radius 3 is 2.74 bits per heavy atom. The number of aromatic nitrogens is 2. The summed E-state index contributed by atoms with van der Waals surface area (Å²) in [5.74, 6) is 2.84. The molecule has 5 heteroatoms. The second kappa shape index (κ2) is 5.85. The van der Waals surface area contributed by atoms with Gasteiger partial charge in [-0.1, -0.05) is 27.2 Å². The summed E-state index contributed by atoms with van der Waals surface area (Å²) < 4.78 is 11.9. The smallest absolute Gasteiger partial charge is 0.230 e. The van der Waals surface area contributed by atoms with Crippen LogP contribution in [0.1, 0.15) is 70.6 Å². The minimum absolute atomic E-state index is 0.215. The van der Waals surface area contributed by atoms with Crippen LogP contribution in [-0.2, 0) is 11.3 Å². The third-order valence-electron chi connectivity index (χ3n) is 6.22.